The Balaban J connectivity index is 2.41. The van der Waals surface area contributed by atoms with Gasteiger partial charge in [0, 0.05) is 19.8 Å². The molecule has 0 aliphatic heterocycles. The quantitative estimate of drug-likeness (QED) is 0.709. The van der Waals surface area contributed by atoms with Crippen LogP contribution in [-0.4, -0.2) is 59.3 Å². The Labute approximate surface area is 126 Å². The molecule has 1 rings (SSSR count). The standard InChI is InChI=1S/C14H22N2O4S/c1-15-11-14(17)16(2)8-5-9-20-12-6-4-7-13(10-12)21(3,18)19/h4,6-7,10,15H,5,8-9,11H2,1-3H3. The Kier molecular flexibility index (Phi) is 6.64. The number of carbonyl (C=O) groups is 1. The minimum Gasteiger partial charge on any atom is -0.493 e. The van der Waals surface area contributed by atoms with E-state index in [-0.39, 0.29) is 10.8 Å². The zero-order valence-electron chi connectivity index (χ0n) is 12.6. The molecule has 1 aromatic rings. The van der Waals surface area contributed by atoms with Crippen molar-refractivity contribution in [2.24, 2.45) is 0 Å². The van der Waals surface area contributed by atoms with Crippen LogP contribution in [-0.2, 0) is 14.6 Å². The molecule has 1 N–H and O–H groups in total. The minimum absolute atomic E-state index is 0.0246. The lowest BCUT2D eigenvalue weighted by molar-refractivity contribution is -0.128. The predicted molar refractivity (Wildman–Crippen MR) is 81.2 cm³/mol. The van der Waals surface area contributed by atoms with E-state index < -0.39 is 9.84 Å². The van der Waals surface area contributed by atoms with Gasteiger partial charge in [-0.1, -0.05) is 6.07 Å². The number of amides is 1. The summed E-state index contributed by atoms with van der Waals surface area (Å²) in [6.07, 6.45) is 1.84. The van der Waals surface area contributed by atoms with Crippen molar-refractivity contribution in [3.63, 3.8) is 0 Å². The second kappa shape index (κ2) is 7.99. The normalized spacial score (nSPS) is 11.2. The highest BCUT2D eigenvalue weighted by molar-refractivity contribution is 7.90. The molecule has 0 fully saturated rings. The maximum atomic E-state index is 11.5. The van der Waals surface area contributed by atoms with Gasteiger partial charge >= 0.3 is 0 Å². The Hall–Kier alpha value is -1.60. The van der Waals surface area contributed by atoms with Crippen molar-refractivity contribution in [2.45, 2.75) is 11.3 Å². The van der Waals surface area contributed by atoms with Crippen LogP contribution in [0.1, 0.15) is 6.42 Å². The summed E-state index contributed by atoms with van der Waals surface area (Å²) >= 11 is 0. The van der Waals surface area contributed by atoms with Crippen molar-refractivity contribution in [1.82, 2.24) is 10.2 Å². The molecule has 21 heavy (non-hydrogen) atoms. The summed E-state index contributed by atoms with van der Waals surface area (Å²) in [5.74, 6) is 0.540. The molecule has 0 unspecified atom stereocenters. The average Bonchev–Trinajstić information content (AvgIpc) is 2.43. The van der Waals surface area contributed by atoms with Gasteiger partial charge in [0.15, 0.2) is 9.84 Å². The summed E-state index contributed by atoms with van der Waals surface area (Å²) in [6, 6.07) is 6.40. The molecule has 118 valence electrons. The molecule has 0 saturated carbocycles. The number of nitrogens with one attached hydrogen (secondary N) is 1. The molecule has 0 atom stereocenters. The second-order valence-electron chi connectivity index (χ2n) is 4.79. The van der Waals surface area contributed by atoms with Crippen molar-refractivity contribution in [2.75, 3.05) is 40.0 Å². The van der Waals surface area contributed by atoms with Crippen LogP contribution in [0.4, 0.5) is 0 Å². The molecule has 1 amide bonds. The van der Waals surface area contributed by atoms with Gasteiger partial charge in [0.2, 0.25) is 5.91 Å². The first-order chi connectivity index (χ1) is 9.84. The Morgan fingerprint density at radius 1 is 1.38 bits per heavy atom. The number of hydrogen-bond acceptors (Lipinski definition) is 5. The first-order valence-corrected chi connectivity index (χ1v) is 8.55. The lowest BCUT2D eigenvalue weighted by Gasteiger charge is -2.17. The Morgan fingerprint density at radius 3 is 2.71 bits per heavy atom. The van der Waals surface area contributed by atoms with Crippen molar-refractivity contribution >= 4 is 15.7 Å². The van der Waals surface area contributed by atoms with Crippen LogP contribution in [0.3, 0.4) is 0 Å². The Morgan fingerprint density at radius 2 is 2.10 bits per heavy atom. The zero-order chi connectivity index (χ0) is 15.9. The fraction of sp³-hybridized carbons (Fsp3) is 0.500. The first kappa shape index (κ1) is 17.5. The molecule has 1 aromatic carbocycles. The third-order valence-corrected chi connectivity index (χ3v) is 4.00. The van der Waals surface area contributed by atoms with Crippen LogP contribution in [0.5, 0.6) is 5.75 Å². The molecule has 0 aromatic heterocycles. The number of nitrogens with zero attached hydrogens (tertiary/aromatic N) is 1. The van der Waals surface area contributed by atoms with Crippen LogP contribution in [0.15, 0.2) is 29.2 Å². The smallest absolute Gasteiger partial charge is 0.236 e. The summed E-state index contributed by atoms with van der Waals surface area (Å²) < 4.78 is 28.4. The van der Waals surface area contributed by atoms with Crippen LogP contribution >= 0.6 is 0 Å². The minimum atomic E-state index is -3.23. The highest BCUT2D eigenvalue weighted by Crippen LogP contribution is 2.17. The summed E-state index contributed by atoms with van der Waals surface area (Å²) in [7, 11) is 0.239. The molecule has 6 nitrogen and oxygen atoms in total. The lowest BCUT2D eigenvalue weighted by Crippen LogP contribution is -2.35. The lowest BCUT2D eigenvalue weighted by atomic mass is 10.3. The number of ether oxygens (including phenoxy) is 1. The van der Waals surface area contributed by atoms with Gasteiger partial charge in [0.1, 0.15) is 5.75 Å². The van der Waals surface area contributed by atoms with Crippen LogP contribution < -0.4 is 10.1 Å². The third-order valence-electron chi connectivity index (χ3n) is 2.89. The largest absolute Gasteiger partial charge is 0.493 e. The molecule has 0 radical (unpaired) electrons. The van der Waals surface area contributed by atoms with Gasteiger partial charge in [-0.3, -0.25) is 4.79 Å². The van der Waals surface area contributed by atoms with Gasteiger partial charge in [-0.05, 0) is 31.7 Å². The van der Waals surface area contributed by atoms with E-state index >= 15 is 0 Å². The predicted octanol–water partition coefficient (Wildman–Crippen LogP) is 0.537. The van der Waals surface area contributed by atoms with Crippen molar-refractivity contribution < 1.29 is 17.9 Å². The van der Waals surface area contributed by atoms with Crippen LogP contribution in [0.25, 0.3) is 0 Å². The van der Waals surface area contributed by atoms with Crippen molar-refractivity contribution in [1.29, 1.82) is 0 Å². The van der Waals surface area contributed by atoms with Crippen LogP contribution in [0.2, 0.25) is 0 Å². The molecule has 0 aliphatic rings. The third kappa shape index (κ3) is 6.14. The molecule has 0 spiro atoms. The van der Waals surface area contributed by atoms with Gasteiger partial charge in [-0.2, -0.15) is 0 Å². The molecule has 7 heteroatoms. The SMILES string of the molecule is CNCC(=O)N(C)CCCOc1cccc(S(C)(=O)=O)c1. The van der Waals surface area contributed by atoms with Crippen LogP contribution in [0, 0.1) is 0 Å². The fourth-order valence-electron chi connectivity index (χ4n) is 1.70. The van der Waals surface area contributed by atoms with Gasteiger partial charge < -0.3 is 15.0 Å². The highest BCUT2D eigenvalue weighted by Gasteiger charge is 2.09. The maximum Gasteiger partial charge on any atom is 0.236 e. The number of carbonyl (C=O) groups excluding carboxylic acids is 1. The topological polar surface area (TPSA) is 75.7 Å². The molecule has 0 bridgehead atoms. The van der Waals surface area contributed by atoms with Crippen molar-refractivity contribution in [3.05, 3.63) is 24.3 Å². The maximum absolute atomic E-state index is 11.5. The van der Waals surface area contributed by atoms with Gasteiger partial charge in [0.25, 0.3) is 0 Å². The average molecular weight is 314 g/mol. The summed E-state index contributed by atoms with van der Waals surface area (Å²) in [6.45, 7) is 1.32. The monoisotopic (exact) mass is 314 g/mol. The van der Waals surface area contributed by atoms with E-state index in [1.54, 1.807) is 31.1 Å². The molecule has 0 aliphatic carbocycles. The van der Waals surface area contributed by atoms with E-state index in [1.807, 2.05) is 0 Å². The number of benzene rings is 1. The van der Waals surface area contributed by atoms with Crippen molar-refractivity contribution in [3.8, 4) is 5.75 Å². The van der Waals surface area contributed by atoms with Gasteiger partial charge in [-0.25, -0.2) is 8.42 Å². The van der Waals surface area contributed by atoms with Gasteiger partial charge in [-0.15, -0.1) is 0 Å². The Bertz CT molecular complexity index is 572. The summed E-state index contributed by atoms with van der Waals surface area (Å²) in [4.78, 5) is 13.4. The summed E-state index contributed by atoms with van der Waals surface area (Å²) in [5, 5.41) is 2.81. The number of sulfone groups is 1. The molecular weight excluding hydrogens is 292 g/mol. The molecule has 0 heterocycles. The van der Waals surface area contributed by atoms with Gasteiger partial charge in [0.05, 0.1) is 18.0 Å². The molecule has 0 saturated heterocycles. The highest BCUT2D eigenvalue weighted by atomic mass is 32.2. The van der Waals surface area contributed by atoms with E-state index in [0.29, 0.717) is 31.9 Å². The molecular formula is C14H22N2O4S. The number of rotatable bonds is 8. The van der Waals surface area contributed by atoms with E-state index in [4.69, 9.17) is 4.74 Å². The second-order valence-corrected chi connectivity index (χ2v) is 6.81. The van der Waals surface area contributed by atoms with E-state index in [0.717, 1.165) is 6.26 Å². The first-order valence-electron chi connectivity index (χ1n) is 6.66. The van der Waals surface area contributed by atoms with E-state index in [1.165, 1.54) is 12.1 Å². The number of likely N-dealkylation sites (N-methyl/N-ethyl adjacent to an activating group) is 2. The fourth-order valence-corrected chi connectivity index (χ4v) is 2.35. The summed E-state index contributed by atoms with van der Waals surface area (Å²) in [5.41, 5.74) is 0. The number of hydrogen-bond donors (Lipinski definition) is 1. The van der Waals surface area contributed by atoms with E-state index in [9.17, 15) is 13.2 Å². The zero-order valence-corrected chi connectivity index (χ0v) is 13.4. The van der Waals surface area contributed by atoms with E-state index in [2.05, 4.69) is 5.32 Å².